The highest BCUT2D eigenvalue weighted by Gasteiger charge is 2.27. The molecule has 0 aromatic heterocycles. The van der Waals surface area contributed by atoms with Crippen LogP contribution < -0.4 is 14.2 Å². The largest absolute Gasteiger partial charge is 0.494 e. The third kappa shape index (κ3) is 4.45. The standard InChI is InChI=1S/C24H18Cl2O4/c1-2-28-17-6-3-15(4-7-17)12-23-24(27)19-9-8-18(13-22(19)30-23)29-14-16-5-10-20(25)21(26)11-16/h3-13H,2,14H2,1H3/b23-12-. The number of ketones is 1. The van der Waals surface area contributed by atoms with E-state index < -0.39 is 0 Å². The van der Waals surface area contributed by atoms with E-state index in [0.717, 1.165) is 16.9 Å². The molecule has 0 aliphatic carbocycles. The fraction of sp³-hybridized carbons (Fsp3) is 0.125. The summed E-state index contributed by atoms with van der Waals surface area (Å²) >= 11 is 12.0. The highest BCUT2D eigenvalue weighted by molar-refractivity contribution is 6.42. The molecule has 152 valence electrons. The Bertz CT molecular complexity index is 1120. The topological polar surface area (TPSA) is 44.8 Å². The molecule has 6 heteroatoms. The van der Waals surface area contributed by atoms with Crippen LogP contribution in [0.3, 0.4) is 0 Å². The number of carbonyl (C=O) groups excluding carboxylic acids is 1. The molecule has 3 aromatic rings. The normalized spacial score (nSPS) is 13.8. The monoisotopic (exact) mass is 440 g/mol. The van der Waals surface area contributed by atoms with Gasteiger partial charge < -0.3 is 14.2 Å². The van der Waals surface area contributed by atoms with Gasteiger partial charge in [-0.1, -0.05) is 41.4 Å². The summed E-state index contributed by atoms with van der Waals surface area (Å²) in [6.07, 6.45) is 1.72. The van der Waals surface area contributed by atoms with Crippen LogP contribution in [0, 0.1) is 0 Å². The van der Waals surface area contributed by atoms with Gasteiger partial charge in [0, 0.05) is 6.07 Å². The number of hydrogen-bond acceptors (Lipinski definition) is 4. The van der Waals surface area contributed by atoms with Crippen molar-refractivity contribution < 1.29 is 19.0 Å². The summed E-state index contributed by atoms with van der Waals surface area (Å²) in [5.74, 6) is 1.97. The molecule has 0 fully saturated rings. The lowest BCUT2D eigenvalue weighted by Crippen LogP contribution is -1.98. The van der Waals surface area contributed by atoms with Gasteiger partial charge in [0.05, 0.1) is 22.2 Å². The zero-order valence-electron chi connectivity index (χ0n) is 16.2. The molecular formula is C24H18Cl2O4. The molecular weight excluding hydrogens is 423 g/mol. The molecule has 1 aliphatic heterocycles. The highest BCUT2D eigenvalue weighted by atomic mass is 35.5. The Kier molecular flexibility index (Phi) is 5.98. The molecule has 0 N–H and O–H groups in total. The molecule has 0 saturated heterocycles. The van der Waals surface area contributed by atoms with E-state index in [1.54, 1.807) is 36.4 Å². The lowest BCUT2D eigenvalue weighted by molar-refractivity contribution is 0.101. The average molecular weight is 441 g/mol. The van der Waals surface area contributed by atoms with Crippen molar-refractivity contribution in [2.45, 2.75) is 13.5 Å². The molecule has 0 atom stereocenters. The number of ether oxygens (including phenoxy) is 3. The van der Waals surface area contributed by atoms with Crippen LogP contribution in [0.5, 0.6) is 17.2 Å². The number of allylic oxidation sites excluding steroid dienone is 1. The Labute approximate surface area is 184 Å². The van der Waals surface area contributed by atoms with Crippen molar-refractivity contribution >= 4 is 35.1 Å². The van der Waals surface area contributed by atoms with Crippen molar-refractivity contribution in [1.29, 1.82) is 0 Å². The number of Topliss-reactive ketones (excluding diaryl/α,β-unsaturated/α-hetero) is 1. The maximum absolute atomic E-state index is 12.6. The first kappa shape index (κ1) is 20.3. The van der Waals surface area contributed by atoms with Crippen molar-refractivity contribution in [1.82, 2.24) is 0 Å². The van der Waals surface area contributed by atoms with E-state index in [1.165, 1.54) is 0 Å². The first-order valence-electron chi connectivity index (χ1n) is 9.41. The number of hydrogen-bond donors (Lipinski definition) is 0. The van der Waals surface area contributed by atoms with Crippen molar-refractivity contribution in [3.8, 4) is 17.2 Å². The molecule has 1 aliphatic rings. The Hall–Kier alpha value is -2.95. The van der Waals surface area contributed by atoms with Crippen LogP contribution in [0.15, 0.2) is 66.4 Å². The Balaban J connectivity index is 1.47. The number of halogens is 2. The molecule has 0 unspecified atom stereocenters. The maximum Gasteiger partial charge on any atom is 0.231 e. The van der Waals surface area contributed by atoms with Crippen molar-refractivity contribution in [2.75, 3.05) is 6.61 Å². The summed E-state index contributed by atoms with van der Waals surface area (Å²) in [6, 6.07) is 18.0. The van der Waals surface area contributed by atoms with Gasteiger partial charge in [-0.05, 0) is 60.5 Å². The summed E-state index contributed by atoms with van der Waals surface area (Å²) < 4.78 is 17.0. The fourth-order valence-corrected chi connectivity index (χ4v) is 3.35. The van der Waals surface area contributed by atoms with Crippen LogP contribution in [0.25, 0.3) is 6.08 Å². The van der Waals surface area contributed by atoms with E-state index in [0.29, 0.717) is 40.3 Å². The third-order valence-corrected chi connectivity index (χ3v) is 5.26. The molecule has 3 aromatic carbocycles. The zero-order chi connectivity index (χ0) is 21.1. The van der Waals surface area contributed by atoms with Crippen LogP contribution in [-0.2, 0) is 6.61 Å². The van der Waals surface area contributed by atoms with E-state index in [2.05, 4.69) is 0 Å². The summed E-state index contributed by atoms with van der Waals surface area (Å²) in [6.45, 7) is 2.85. The minimum Gasteiger partial charge on any atom is -0.494 e. The fourth-order valence-electron chi connectivity index (χ4n) is 3.03. The maximum atomic E-state index is 12.6. The van der Waals surface area contributed by atoms with Gasteiger partial charge in [0.1, 0.15) is 23.9 Å². The zero-order valence-corrected chi connectivity index (χ0v) is 17.7. The van der Waals surface area contributed by atoms with Gasteiger partial charge in [-0.2, -0.15) is 0 Å². The van der Waals surface area contributed by atoms with Crippen molar-refractivity contribution in [2.24, 2.45) is 0 Å². The third-order valence-electron chi connectivity index (χ3n) is 4.52. The second-order valence-corrected chi connectivity index (χ2v) is 7.45. The van der Waals surface area contributed by atoms with Gasteiger partial charge in [-0.3, -0.25) is 4.79 Å². The summed E-state index contributed by atoms with van der Waals surface area (Å²) in [7, 11) is 0. The first-order valence-corrected chi connectivity index (χ1v) is 10.2. The van der Waals surface area contributed by atoms with Gasteiger partial charge in [-0.15, -0.1) is 0 Å². The Morgan fingerprint density at radius 1 is 0.900 bits per heavy atom. The van der Waals surface area contributed by atoms with E-state index in [1.807, 2.05) is 37.3 Å². The predicted octanol–water partition coefficient (Wildman–Crippen LogP) is 6.59. The molecule has 30 heavy (non-hydrogen) atoms. The average Bonchev–Trinajstić information content (AvgIpc) is 3.05. The van der Waals surface area contributed by atoms with E-state index in [-0.39, 0.29) is 11.5 Å². The number of carbonyl (C=O) groups is 1. The summed E-state index contributed by atoms with van der Waals surface area (Å²) in [5.41, 5.74) is 2.25. The van der Waals surface area contributed by atoms with E-state index in [9.17, 15) is 4.79 Å². The molecule has 0 saturated carbocycles. The second-order valence-electron chi connectivity index (χ2n) is 6.64. The lowest BCUT2D eigenvalue weighted by atomic mass is 10.1. The van der Waals surface area contributed by atoms with Crippen LogP contribution in [0.2, 0.25) is 10.0 Å². The van der Waals surface area contributed by atoms with Crippen LogP contribution >= 0.6 is 23.2 Å². The molecule has 0 amide bonds. The van der Waals surface area contributed by atoms with Crippen molar-refractivity contribution in [3.63, 3.8) is 0 Å². The number of fused-ring (bicyclic) bond motifs is 1. The predicted molar refractivity (Wildman–Crippen MR) is 118 cm³/mol. The Morgan fingerprint density at radius 2 is 1.67 bits per heavy atom. The van der Waals surface area contributed by atoms with Crippen LogP contribution in [0.1, 0.15) is 28.4 Å². The molecule has 0 bridgehead atoms. The van der Waals surface area contributed by atoms with Gasteiger partial charge >= 0.3 is 0 Å². The Morgan fingerprint density at radius 3 is 2.40 bits per heavy atom. The van der Waals surface area contributed by atoms with E-state index in [4.69, 9.17) is 37.4 Å². The van der Waals surface area contributed by atoms with Crippen molar-refractivity contribution in [3.05, 3.63) is 93.2 Å². The summed E-state index contributed by atoms with van der Waals surface area (Å²) in [5, 5.41) is 0.974. The molecule has 4 nitrogen and oxygen atoms in total. The molecule has 0 spiro atoms. The quantitative estimate of drug-likeness (QED) is 0.405. The van der Waals surface area contributed by atoms with Gasteiger partial charge in [0.25, 0.3) is 0 Å². The van der Waals surface area contributed by atoms with Gasteiger partial charge in [-0.25, -0.2) is 0 Å². The van der Waals surface area contributed by atoms with E-state index >= 15 is 0 Å². The second kappa shape index (κ2) is 8.82. The highest BCUT2D eigenvalue weighted by Crippen LogP contribution is 2.35. The molecule has 4 rings (SSSR count). The number of rotatable bonds is 6. The SMILES string of the molecule is CCOc1ccc(/C=C2\Oc3cc(OCc4ccc(Cl)c(Cl)c4)ccc3C2=O)cc1. The summed E-state index contributed by atoms with van der Waals surface area (Å²) in [4.78, 5) is 12.6. The smallest absolute Gasteiger partial charge is 0.231 e. The number of benzene rings is 3. The molecule has 0 radical (unpaired) electrons. The van der Waals surface area contributed by atoms with Gasteiger partial charge in [0.2, 0.25) is 5.78 Å². The van der Waals surface area contributed by atoms with Crippen LogP contribution in [-0.4, -0.2) is 12.4 Å². The lowest BCUT2D eigenvalue weighted by Gasteiger charge is -2.08. The minimum absolute atomic E-state index is 0.157. The van der Waals surface area contributed by atoms with Crippen LogP contribution in [0.4, 0.5) is 0 Å². The first-order chi connectivity index (χ1) is 14.5. The molecule has 1 heterocycles. The minimum atomic E-state index is -0.157. The van der Waals surface area contributed by atoms with Gasteiger partial charge in [0.15, 0.2) is 5.76 Å².